The maximum Gasteiger partial charge on any atom is 0.327 e. The number of nitrogens with one attached hydrogen (secondary N) is 2. The molecule has 2 aromatic carbocycles. The van der Waals surface area contributed by atoms with E-state index < -0.39 is 17.5 Å². The average Bonchev–Trinajstić information content (AvgIpc) is 3.25. The van der Waals surface area contributed by atoms with Crippen molar-refractivity contribution < 1.29 is 18.7 Å². The molecule has 0 bridgehead atoms. The van der Waals surface area contributed by atoms with Gasteiger partial charge in [-0.1, -0.05) is 30.0 Å². The van der Waals surface area contributed by atoms with Crippen LogP contribution in [0.15, 0.2) is 65.8 Å². The largest absolute Gasteiger partial charge is 0.457 e. The minimum Gasteiger partial charge on any atom is -0.457 e. The highest BCUT2D eigenvalue weighted by Crippen LogP contribution is 2.51. The van der Waals surface area contributed by atoms with Gasteiger partial charge in [0.25, 0.3) is 0 Å². The fourth-order valence-corrected chi connectivity index (χ4v) is 6.70. The molecule has 0 spiro atoms. The van der Waals surface area contributed by atoms with Gasteiger partial charge in [0, 0.05) is 37.3 Å². The van der Waals surface area contributed by atoms with E-state index in [1.165, 1.54) is 11.8 Å². The van der Waals surface area contributed by atoms with Crippen LogP contribution in [-0.2, 0) is 4.79 Å². The third-order valence-corrected chi connectivity index (χ3v) is 8.37. The van der Waals surface area contributed by atoms with Crippen LogP contribution in [0.5, 0.6) is 11.5 Å². The van der Waals surface area contributed by atoms with Crippen molar-refractivity contribution in [2.24, 2.45) is 0 Å². The molecule has 0 aliphatic carbocycles. The molecule has 1 fully saturated rings. The summed E-state index contributed by atoms with van der Waals surface area (Å²) in [4.78, 5) is 34.8. The van der Waals surface area contributed by atoms with Gasteiger partial charge >= 0.3 is 6.03 Å². The van der Waals surface area contributed by atoms with Crippen LogP contribution in [0.25, 0.3) is 0 Å². The molecule has 0 saturated carbocycles. The van der Waals surface area contributed by atoms with E-state index in [1.807, 2.05) is 73.5 Å². The van der Waals surface area contributed by atoms with Gasteiger partial charge in [-0.3, -0.25) is 9.69 Å². The lowest BCUT2D eigenvalue weighted by Crippen LogP contribution is -2.54. The number of pyridine rings is 1. The molecule has 10 heteroatoms. The Labute approximate surface area is 224 Å². The number of aryl methyl sites for hydroxylation is 1. The first kappa shape index (κ1) is 24.7. The zero-order valence-electron chi connectivity index (χ0n) is 21.1. The Bertz CT molecular complexity index is 1380. The van der Waals surface area contributed by atoms with E-state index >= 15 is 0 Å². The molecule has 2 unspecified atom stereocenters. The van der Waals surface area contributed by atoms with Crippen molar-refractivity contribution in [3.63, 3.8) is 0 Å². The predicted octanol–water partition coefficient (Wildman–Crippen LogP) is 4.72. The Hall–Kier alpha value is -3.63. The van der Waals surface area contributed by atoms with Gasteiger partial charge in [0.15, 0.2) is 0 Å². The van der Waals surface area contributed by atoms with Crippen molar-refractivity contribution in [2.75, 3.05) is 25.0 Å². The summed E-state index contributed by atoms with van der Waals surface area (Å²) in [5.74, 6) is 1.18. The van der Waals surface area contributed by atoms with Crippen molar-refractivity contribution in [3.05, 3.63) is 71.9 Å². The number of urea groups is 1. The second-order valence-corrected chi connectivity index (χ2v) is 11.1. The molecule has 6 rings (SSSR count). The Morgan fingerprint density at radius 1 is 1.13 bits per heavy atom. The van der Waals surface area contributed by atoms with Gasteiger partial charge in [0.05, 0.1) is 17.4 Å². The summed E-state index contributed by atoms with van der Waals surface area (Å²) < 4.78 is 20.0. The number of rotatable bonds is 5. The SMILES string of the molecule is Cc1cc(Oc2ccccc2)ccc1N1C(=O)NC2c3c1ccnc3SC2C(=O)N[C@@H]1C[C@H](F)CN(C)C1. The van der Waals surface area contributed by atoms with Gasteiger partial charge in [-0.2, -0.15) is 0 Å². The Morgan fingerprint density at radius 3 is 2.71 bits per heavy atom. The molecule has 8 nitrogen and oxygen atoms in total. The number of carbonyl (C=O) groups is 2. The van der Waals surface area contributed by atoms with Gasteiger partial charge in [0.1, 0.15) is 27.9 Å². The number of amides is 3. The van der Waals surface area contributed by atoms with Gasteiger partial charge in [-0.25, -0.2) is 14.2 Å². The first-order chi connectivity index (χ1) is 18.4. The van der Waals surface area contributed by atoms with Crippen LogP contribution < -0.4 is 20.3 Å². The van der Waals surface area contributed by atoms with Gasteiger partial charge in [-0.15, -0.1) is 0 Å². The molecule has 3 aliphatic heterocycles. The van der Waals surface area contributed by atoms with E-state index in [4.69, 9.17) is 4.74 Å². The van der Waals surface area contributed by atoms with Crippen molar-refractivity contribution in [2.45, 2.75) is 41.9 Å². The summed E-state index contributed by atoms with van der Waals surface area (Å²) in [7, 11) is 1.85. The number of para-hydroxylation sites is 1. The van der Waals surface area contributed by atoms with Crippen LogP contribution in [-0.4, -0.2) is 59.4 Å². The van der Waals surface area contributed by atoms with Crippen molar-refractivity contribution in [1.82, 2.24) is 20.5 Å². The van der Waals surface area contributed by atoms with E-state index in [2.05, 4.69) is 15.6 Å². The molecule has 0 radical (unpaired) electrons. The average molecular weight is 534 g/mol. The Balaban J connectivity index is 1.25. The molecular formula is C28H28FN5O3S. The van der Waals surface area contributed by atoms with Gasteiger partial charge in [-0.05, 0) is 55.9 Å². The number of hydrogen-bond acceptors (Lipinski definition) is 6. The number of ether oxygens (including phenoxy) is 1. The highest BCUT2D eigenvalue weighted by atomic mass is 32.2. The van der Waals surface area contributed by atoms with Crippen LogP contribution in [0.2, 0.25) is 0 Å². The van der Waals surface area contributed by atoms with Crippen molar-refractivity contribution >= 4 is 35.1 Å². The maximum absolute atomic E-state index is 14.1. The summed E-state index contributed by atoms with van der Waals surface area (Å²) in [5.41, 5.74) is 3.10. The van der Waals surface area contributed by atoms with E-state index in [9.17, 15) is 14.0 Å². The van der Waals surface area contributed by atoms with E-state index in [0.29, 0.717) is 35.2 Å². The number of anilines is 2. The Kier molecular flexibility index (Phi) is 6.45. The van der Waals surface area contributed by atoms with Crippen molar-refractivity contribution in [1.29, 1.82) is 0 Å². The van der Waals surface area contributed by atoms with E-state index in [1.54, 1.807) is 11.1 Å². The molecule has 38 heavy (non-hydrogen) atoms. The molecular weight excluding hydrogens is 505 g/mol. The number of piperidine rings is 1. The number of likely N-dealkylation sites (tertiary alicyclic amines) is 1. The third kappa shape index (κ3) is 4.58. The minimum atomic E-state index is -0.976. The second kappa shape index (κ2) is 9.92. The molecule has 3 amide bonds. The number of likely N-dealkylation sites (N-methyl/N-ethyl adjacent to an activating group) is 1. The quantitative estimate of drug-likeness (QED) is 0.494. The molecule has 4 atom stereocenters. The molecule has 1 saturated heterocycles. The van der Waals surface area contributed by atoms with Crippen LogP contribution in [0.1, 0.15) is 23.6 Å². The summed E-state index contributed by atoms with van der Waals surface area (Å²) in [6, 6.07) is 15.8. The molecule has 4 heterocycles. The zero-order chi connectivity index (χ0) is 26.4. The topological polar surface area (TPSA) is 86.8 Å². The molecule has 1 aromatic heterocycles. The van der Waals surface area contributed by atoms with Gasteiger partial charge in [0.2, 0.25) is 5.91 Å². The number of thioether (sulfide) groups is 1. The van der Waals surface area contributed by atoms with Crippen LogP contribution in [0.3, 0.4) is 0 Å². The van der Waals surface area contributed by atoms with Crippen LogP contribution >= 0.6 is 11.8 Å². The minimum absolute atomic E-state index is 0.219. The zero-order valence-corrected chi connectivity index (χ0v) is 21.9. The molecule has 2 N–H and O–H groups in total. The van der Waals surface area contributed by atoms with E-state index in [-0.39, 0.29) is 24.4 Å². The highest BCUT2D eigenvalue weighted by Gasteiger charge is 2.47. The number of alkyl halides is 1. The lowest BCUT2D eigenvalue weighted by molar-refractivity contribution is -0.122. The summed E-state index contributed by atoms with van der Waals surface area (Å²) in [5, 5.41) is 6.18. The molecule has 196 valence electrons. The predicted molar refractivity (Wildman–Crippen MR) is 144 cm³/mol. The third-order valence-electron chi connectivity index (χ3n) is 7.08. The lowest BCUT2D eigenvalue weighted by Gasteiger charge is -2.36. The fourth-order valence-electron chi connectivity index (χ4n) is 5.47. The standard InChI is InChI=1S/C28H28FN5O3S/c1-16-12-20(37-19-6-4-3-5-7-19)8-9-21(16)34-22-10-11-30-27-23(22)24(32-28(34)36)25(38-27)26(35)31-18-13-17(29)14-33(2)15-18/h3-12,17-18,24-25H,13-15H2,1-2H3,(H,31,35)(H,32,36)/t17-,18+,24?,25?/m0/s1. The number of aromatic nitrogens is 1. The fraction of sp³-hybridized carbons (Fsp3) is 0.321. The van der Waals surface area contributed by atoms with E-state index in [0.717, 1.165) is 16.9 Å². The van der Waals surface area contributed by atoms with Crippen LogP contribution in [0, 0.1) is 6.92 Å². The molecule has 3 aromatic rings. The number of halogens is 1. The van der Waals surface area contributed by atoms with Gasteiger partial charge < -0.3 is 20.3 Å². The van der Waals surface area contributed by atoms with Crippen molar-refractivity contribution in [3.8, 4) is 11.5 Å². The number of nitrogens with zero attached hydrogens (tertiary/aromatic N) is 3. The summed E-state index contributed by atoms with van der Waals surface area (Å²) >= 11 is 1.34. The maximum atomic E-state index is 14.1. The highest BCUT2D eigenvalue weighted by molar-refractivity contribution is 8.01. The lowest BCUT2D eigenvalue weighted by atomic mass is 9.98. The second-order valence-electron chi connectivity index (χ2n) is 9.97. The van der Waals surface area contributed by atoms with Crippen LogP contribution in [0.4, 0.5) is 20.6 Å². The number of carbonyl (C=O) groups excluding carboxylic acids is 2. The number of benzene rings is 2. The smallest absolute Gasteiger partial charge is 0.327 e. The first-order valence-corrected chi connectivity index (χ1v) is 13.5. The summed E-state index contributed by atoms with van der Waals surface area (Å²) in [6.07, 6.45) is 0.977. The number of hydrogen-bond donors (Lipinski definition) is 2. The summed E-state index contributed by atoms with van der Waals surface area (Å²) in [6.45, 7) is 2.89. The normalized spacial score (nSPS) is 24.5. The molecule has 3 aliphatic rings. The first-order valence-electron chi connectivity index (χ1n) is 12.6. The Morgan fingerprint density at radius 2 is 1.95 bits per heavy atom. The monoisotopic (exact) mass is 533 g/mol.